The fourth-order valence-corrected chi connectivity index (χ4v) is 1.65. The number of hydrogen-bond donors (Lipinski definition) is 0. The quantitative estimate of drug-likeness (QED) is 0.572. The largest absolute Gasteiger partial charge is 0.162 e. The molecule has 0 aliphatic carbocycles. The minimum Gasteiger partial charge on any atom is -0.162 e. The molecule has 10 heavy (non-hydrogen) atoms. The van der Waals surface area contributed by atoms with Crippen molar-refractivity contribution in [1.29, 1.82) is 0 Å². The summed E-state index contributed by atoms with van der Waals surface area (Å²) < 4.78 is 0. The first-order chi connectivity index (χ1) is 4.84. The highest BCUT2D eigenvalue weighted by Gasteiger charge is 1.89. The summed E-state index contributed by atoms with van der Waals surface area (Å²) in [6, 6.07) is 10.4. The summed E-state index contributed by atoms with van der Waals surface area (Å²) in [6.07, 6.45) is 0. The van der Waals surface area contributed by atoms with Crippen LogP contribution in [-0.4, -0.2) is 11.6 Å². The molecule has 1 rings (SSSR count). The van der Waals surface area contributed by atoms with Crippen LogP contribution in [0.1, 0.15) is 6.92 Å². The zero-order valence-corrected chi connectivity index (χ0v) is 7.03. The molecule has 1 heteroatoms. The average molecular weight is 152 g/mol. The van der Waals surface area contributed by atoms with Gasteiger partial charge in [0, 0.05) is 4.90 Å². The third-order valence-electron chi connectivity index (χ3n) is 1.43. The molecule has 1 aromatic carbocycles. The Kier molecular flexibility index (Phi) is 2.69. The minimum atomic E-state index is 0.210. The lowest BCUT2D eigenvalue weighted by atomic mass is 10.4. The van der Waals surface area contributed by atoms with Crippen molar-refractivity contribution in [2.24, 2.45) is 0 Å². The van der Waals surface area contributed by atoms with Gasteiger partial charge in [-0.25, -0.2) is 0 Å². The van der Waals surface area contributed by atoms with E-state index < -0.39 is 0 Å². The standard InChI is InChI=1S/C9H12S/c1-3-10(2)9-7-5-4-6-8-9/h4-8H,2-3H2,1H3. The molecule has 0 spiro atoms. The van der Waals surface area contributed by atoms with E-state index in [9.17, 15) is 0 Å². The second-order valence-electron chi connectivity index (χ2n) is 2.09. The van der Waals surface area contributed by atoms with Gasteiger partial charge < -0.3 is 0 Å². The summed E-state index contributed by atoms with van der Waals surface area (Å²) in [5.74, 6) is 5.20. The molecule has 54 valence electrons. The van der Waals surface area contributed by atoms with Crippen LogP contribution < -0.4 is 0 Å². The maximum absolute atomic E-state index is 4.05. The maximum atomic E-state index is 4.05. The first-order valence-corrected chi connectivity index (χ1v) is 4.96. The van der Waals surface area contributed by atoms with Gasteiger partial charge in [0.05, 0.1) is 0 Å². The molecule has 0 heterocycles. The second-order valence-corrected chi connectivity index (χ2v) is 4.13. The van der Waals surface area contributed by atoms with E-state index in [0.29, 0.717) is 0 Å². The minimum absolute atomic E-state index is 0.210. The van der Waals surface area contributed by atoms with Gasteiger partial charge in [0.25, 0.3) is 0 Å². The summed E-state index contributed by atoms with van der Waals surface area (Å²) >= 11 is 0. The fourth-order valence-electron chi connectivity index (χ4n) is 0.780. The Labute approximate surface area is 64.8 Å². The third kappa shape index (κ3) is 1.71. The van der Waals surface area contributed by atoms with Crippen LogP contribution in [0.4, 0.5) is 0 Å². The van der Waals surface area contributed by atoms with Gasteiger partial charge in [-0.05, 0) is 17.9 Å². The molecule has 0 aromatic heterocycles. The van der Waals surface area contributed by atoms with E-state index in [0.717, 1.165) is 5.75 Å². The van der Waals surface area contributed by atoms with Gasteiger partial charge in [-0.15, -0.1) is 0 Å². The van der Waals surface area contributed by atoms with E-state index >= 15 is 0 Å². The highest BCUT2D eigenvalue weighted by molar-refractivity contribution is 8.14. The van der Waals surface area contributed by atoms with Crippen LogP contribution in [0.3, 0.4) is 0 Å². The molecule has 0 saturated heterocycles. The molecule has 0 N–H and O–H groups in total. The van der Waals surface area contributed by atoms with Crippen LogP contribution >= 0.6 is 10.5 Å². The number of rotatable bonds is 2. The van der Waals surface area contributed by atoms with Gasteiger partial charge >= 0.3 is 0 Å². The predicted octanol–water partition coefficient (Wildman–Crippen LogP) is 2.77. The Hall–Kier alpha value is -0.560. The smallest absolute Gasteiger partial charge is 0.00110 e. The molecule has 0 radical (unpaired) electrons. The molecule has 0 aliphatic heterocycles. The number of hydrogen-bond acceptors (Lipinski definition) is 0. The summed E-state index contributed by atoms with van der Waals surface area (Å²) in [5, 5.41) is 0. The van der Waals surface area contributed by atoms with E-state index in [-0.39, 0.29) is 10.5 Å². The van der Waals surface area contributed by atoms with Crippen molar-refractivity contribution in [3.05, 3.63) is 30.3 Å². The molecular weight excluding hydrogens is 140 g/mol. The van der Waals surface area contributed by atoms with Crippen LogP contribution in [-0.2, 0) is 0 Å². The lowest BCUT2D eigenvalue weighted by Crippen LogP contribution is -1.74. The zero-order chi connectivity index (χ0) is 7.40. The van der Waals surface area contributed by atoms with Crippen LogP contribution in [0.25, 0.3) is 0 Å². The first-order valence-electron chi connectivity index (χ1n) is 3.40. The van der Waals surface area contributed by atoms with Gasteiger partial charge in [-0.2, -0.15) is 10.5 Å². The maximum Gasteiger partial charge on any atom is 0.00110 e. The Morgan fingerprint density at radius 1 is 1.30 bits per heavy atom. The van der Waals surface area contributed by atoms with Gasteiger partial charge in [-0.1, -0.05) is 31.0 Å². The lowest BCUT2D eigenvalue weighted by Gasteiger charge is -2.01. The highest BCUT2D eigenvalue weighted by Crippen LogP contribution is 2.22. The zero-order valence-electron chi connectivity index (χ0n) is 6.21. The van der Waals surface area contributed by atoms with E-state index in [1.165, 1.54) is 4.90 Å². The summed E-state index contributed by atoms with van der Waals surface area (Å²) in [6.45, 7) is 2.17. The Bertz CT molecular complexity index is 213. The van der Waals surface area contributed by atoms with Crippen molar-refractivity contribution in [2.75, 3.05) is 5.75 Å². The van der Waals surface area contributed by atoms with Crippen molar-refractivity contribution >= 4 is 16.4 Å². The monoisotopic (exact) mass is 152 g/mol. The Morgan fingerprint density at radius 2 is 1.90 bits per heavy atom. The van der Waals surface area contributed by atoms with Crippen LogP contribution in [0.15, 0.2) is 35.2 Å². The molecule has 1 unspecified atom stereocenters. The van der Waals surface area contributed by atoms with Crippen molar-refractivity contribution in [3.8, 4) is 0 Å². The molecule has 0 bridgehead atoms. The lowest BCUT2D eigenvalue weighted by molar-refractivity contribution is 1.43. The normalized spacial score (nSPS) is 12.9. The van der Waals surface area contributed by atoms with Gasteiger partial charge in [0.15, 0.2) is 0 Å². The Balaban J connectivity index is 2.85. The molecule has 0 nitrogen and oxygen atoms in total. The van der Waals surface area contributed by atoms with Crippen molar-refractivity contribution < 1.29 is 0 Å². The second kappa shape index (κ2) is 3.57. The van der Waals surface area contributed by atoms with Crippen LogP contribution in [0.5, 0.6) is 0 Å². The summed E-state index contributed by atoms with van der Waals surface area (Å²) in [4.78, 5) is 1.37. The first kappa shape index (κ1) is 7.55. The van der Waals surface area contributed by atoms with E-state index in [1.54, 1.807) is 0 Å². The van der Waals surface area contributed by atoms with Crippen LogP contribution in [0, 0.1) is 0 Å². The molecule has 0 saturated carbocycles. The van der Waals surface area contributed by atoms with Crippen LogP contribution in [0.2, 0.25) is 0 Å². The molecule has 0 amide bonds. The summed E-state index contributed by atoms with van der Waals surface area (Å²) in [7, 11) is 0.210. The molecule has 1 aromatic rings. The van der Waals surface area contributed by atoms with Crippen molar-refractivity contribution in [2.45, 2.75) is 11.8 Å². The summed E-state index contributed by atoms with van der Waals surface area (Å²) in [5.41, 5.74) is 0. The Morgan fingerprint density at radius 3 is 2.40 bits per heavy atom. The average Bonchev–Trinajstić information content (AvgIpc) is 2.05. The topological polar surface area (TPSA) is 0 Å². The van der Waals surface area contributed by atoms with Crippen molar-refractivity contribution in [3.63, 3.8) is 0 Å². The third-order valence-corrected chi connectivity index (χ3v) is 3.06. The van der Waals surface area contributed by atoms with E-state index in [2.05, 4.69) is 37.1 Å². The highest BCUT2D eigenvalue weighted by atomic mass is 32.2. The molecular formula is C9H12S. The molecule has 0 fully saturated rings. The van der Waals surface area contributed by atoms with Gasteiger partial charge in [-0.3, -0.25) is 0 Å². The van der Waals surface area contributed by atoms with E-state index in [1.807, 2.05) is 6.07 Å². The predicted molar refractivity (Wildman–Crippen MR) is 50.0 cm³/mol. The number of benzene rings is 1. The fraction of sp³-hybridized carbons (Fsp3) is 0.222. The SMILES string of the molecule is C=S(CC)c1ccccc1. The van der Waals surface area contributed by atoms with Crippen molar-refractivity contribution in [1.82, 2.24) is 0 Å². The van der Waals surface area contributed by atoms with E-state index in [4.69, 9.17) is 0 Å². The molecule has 1 atom stereocenters. The molecule has 0 aliphatic rings. The van der Waals surface area contributed by atoms with Gasteiger partial charge in [0.2, 0.25) is 0 Å². The van der Waals surface area contributed by atoms with Gasteiger partial charge in [0.1, 0.15) is 0 Å².